The Morgan fingerprint density at radius 3 is 2.06 bits per heavy atom. The van der Waals surface area contributed by atoms with Gasteiger partial charge in [-0.25, -0.2) is 0 Å². The summed E-state index contributed by atoms with van der Waals surface area (Å²) in [7, 11) is 0. The predicted octanol–water partition coefficient (Wildman–Crippen LogP) is 4.61. The quantitative estimate of drug-likeness (QED) is 0.811. The summed E-state index contributed by atoms with van der Waals surface area (Å²) in [4.78, 5) is 1.19. The van der Waals surface area contributed by atoms with Crippen LogP contribution in [-0.2, 0) is 5.75 Å². The summed E-state index contributed by atoms with van der Waals surface area (Å²) in [6.45, 7) is 6.48. The van der Waals surface area contributed by atoms with Gasteiger partial charge in [0.05, 0.1) is 0 Å². The van der Waals surface area contributed by atoms with Gasteiger partial charge in [0.2, 0.25) is 0 Å². The molecule has 1 nitrogen and oxygen atoms in total. The van der Waals surface area contributed by atoms with Crippen LogP contribution in [0.5, 0.6) is 5.75 Å². The lowest BCUT2D eigenvalue weighted by molar-refractivity contribution is 0.475. The summed E-state index contributed by atoms with van der Waals surface area (Å²) in [6.07, 6.45) is 0. The molecule has 0 amide bonds. The first-order valence-electron chi connectivity index (χ1n) is 6.05. The highest BCUT2D eigenvalue weighted by molar-refractivity contribution is 7.98. The Morgan fingerprint density at radius 1 is 0.944 bits per heavy atom. The first kappa shape index (κ1) is 13.0. The second kappa shape index (κ2) is 5.49. The van der Waals surface area contributed by atoms with E-state index in [0.717, 1.165) is 5.75 Å². The van der Waals surface area contributed by atoms with E-state index in [4.69, 9.17) is 0 Å². The van der Waals surface area contributed by atoms with Crippen molar-refractivity contribution in [2.75, 3.05) is 0 Å². The number of phenols is 1. The molecule has 0 saturated carbocycles. The van der Waals surface area contributed by atoms with Crippen LogP contribution < -0.4 is 0 Å². The van der Waals surface area contributed by atoms with E-state index in [0.29, 0.717) is 5.75 Å². The molecule has 0 fully saturated rings. The number of aryl methyl sites for hydroxylation is 3. The van der Waals surface area contributed by atoms with Crippen molar-refractivity contribution in [1.29, 1.82) is 0 Å². The molecule has 0 aliphatic heterocycles. The highest BCUT2D eigenvalue weighted by atomic mass is 32.2. The maximum Gasteiger partial charge on any atom is 0.115 e. The minimum Gasteiger partial charge on any atom is -0.508 e. The van der Waals surface area contributed by atoms with Crippen molar-refractivity contribution in [3.8, 4) is 5.75 Å². The van der Waals surface area contributed by atoms with Crippen molar-refractivity contribution in [1.82, 2.24) is 0 Å². The van der Waals surface area contributed by atoms with Crippen LogP contribution in [0.2, 0.25) is 0 Å². The van der Waals surface area contributed by atoms with Gasteiger partial charge >= 0.3 is 0 Å². The molecule has 0 aromatic heterocycles. The van der Waals surface area contributed by atoms with Gasteiger partial charge in [0.25, 0.3) is 0 Å². The smallest absolute Gasteiger partial charge is 0.115 e. The van der Waals surface area contributed by atoms with Gasteiger partial charge in [0, 0.05) is 10.6 Å². The first-order chi connectivity index (χ1) is 8.56. The lowest BCUT2D eigenvalue weighted by atomic mass is 10.0. The van der Waals surface area contributed by atoms with Gasteiger partial charge in [-0.1, -0.05) is 17.7 Å². The molecule has 94 valence electrons. The molecule has 18 heavy (non-hydrogen) atoms. The average Bonchev–Trinajstić information content (AvgIpc) is 2.30. The fourth-order valence-corrected chi connectivity index (χ4v) is 3.23. The Hall–Kier alpha value is -1.41. The Labute approximate surface area is 113 Å². The molecule has 0 bridgehead atoms. The summed E-state index contributed by atoms with van der Waals surface area (Å²) < 4.78 is 0. The Balaban J connectivity index is 2.13. The van der Waals surface area contributed by atoms with E-state index in [-0.39, 0.29) is 0 Å². The number of aromatic hydroxyl groups is 1. The van der Waals surface area contributed by atoms with Crippen LogP contribution in [0, 0.1) is 20.8 Å². The standard InChI is InChI=1S/C16H18OS/c1-11-8-12(2)16(13(3)9-11)10-18-15-6-4-14(17)5-7-15/h4-9,17H,10H2,1-3H3. The van der Waals surface area contributed by atoms with E-state index in [1.165, 1.54) is 27.1 Å². The maximum absolute atomic E-state index is 9.25. The third kappa shape index (κ3) is 3.08. The van der Waals surface area contributed by atoms with Crippen molar-refractivity contribution in [3.05, 3.63) is 58.7 Å². The van der Waals surface area contributed by atoms with Crippen LogP contribution in [0.15, 0.2) is 41.3 Å². The highest BCUT2D eigenvalue weighted by Crippen LogP contribution is 2.28. The van der Waals surface area contributed by atoms with Gasteiger partial charge in [-0.3, -0.25) is 0 Å². The van der Waals surface area contributed by atoms with Crippen LogP contribution in [0.1, 0.15) is 22.3 Å². The highest BCUT2D eigenvalue weighted by Gasteiger charge is 2.04. The van der Waals surface area contributed by atoms with Crippen molar-refractivity contribution in [2.24, 2.45) is 0 Å². The molecular weight excluding hydrogens is 240 g/mol. The fourth-order valence-electron chi connectivity index (χ4n) is 2.14. The average molecular weight is 258 g/mol. The first-order valence-corrected chi connectivity index (χ1v) is 7.03. The molecule has 2 aromatic carbocycles. The Kier molecular flexibility index (Phi) is 3.97. The van der Waals surface area contributed by atoms with E-state index >= 15 is 0 Å². The van der Waals surface area contributed by atoms with E-state index < -0.39 is 0 Å². The molecule has 0 spiro atoms. The van der Waals surface area contributed by atoms with Crippen molar-refractivity contribution in [3.63, 3.8) is 0 Å². The van der Waals surface area contributed by atoms with Gasteiger partial charge < -0.3 is 5.11 Å². The molecule has 0 aliphatic rings. The van der Waals surface area contributed by atoms with Crippen LogP contribution in [-0.4, -0.2) is 5.11 Å². The molecule has 2 aromatic rings. The summed E-state index contributed by atoms with van der Waals surface area (Å²) in [5.74, 6) is 1.30. The summed E-state index contributed by atoms with van der Waals surface area (Å²) in [6, 6.07) is 11.9. The topological polar surface area (TPSA) is 20.2 Å². The minimum atomic E-state index is 0.321. The monoisotopic (exact) mass is 258 g/mol. The maximum atomic E-state index is 9.25. The van der Waals surface area contributed by atoms with Crippen LogP contribution in [0.4, 0.5) is 0 Å². The minimum absolute atomic E-state index is 0.321. The normalized spacial score (nSPS) is 10.6. The molecule has 0 unspecified atom stereocenters. The molecule has 2 rings (SSSR count). The largest absolute Gasteiger partial charge is 0.508 e. The van der Waals surface area contributed by atoms with E-state index in [9.17, 15) is 5.11 Å². The van der Waals surface area contributed by atoms with Crippen LogP contribution >= 0.6 is 11.8 Å². The third-order valence-electron chi connectivity index (χ3n) is 3.06. The molecule has 0 radical (unpaired) electrons. The van der Waals surface area contributed by atoms with Crippen molar-refractivity contribution < 1.29 is 5.11 Å². The second-order valence-electron chi connectivity index (χ2n) is 4.66. The number of hydrogen-bond donors (Lipinski definition) is 1. The lowest BCUT2D eigenvalue weighted by Gasteiger charge is -2.11. The molecule has 0 atom stereocenters. The Morgan fingerprint density at radius 2 is 1.50 bits per heavy atom. The summed E-state index contributed by atoms with van der Waals surface area (Å²) in [5, 5.41) is 9.25. The fraction of sp³-hybridized carbons (Fsp3) is 0.250. The van der Waals surface area contributed by atoms with Gasteiger partial charge in [0.15, 0.2) is 0 Å². The SMILES string of the molecule is Cc1cc(C)c(CSc2ccc(O)cc2)c(C)c1. The van der Waals surface area contributed by atoms with Crippen molar-refractivity contribution in [2.45, 2.75) is 31.4 Å². The zero-order valence-electron chi connectivity index (χ0n) is 11.0. The molecular formula is C16H18OS. The van der Waals surface area contributed by atoms with Gasteiger partial charge in [-0.15, -0.1) is 11.8 Å². The van der Waals surface area contributed by atoms with Gasteiger partial charge in [-0.2, -0.15) is 0 Å². The molecule has 2 heteroatoms. The van der Waals surface area contributed by atoms with Gasteiger partial charge in [-0.05, 0) is 61.7 Å². The zero-order valence-corrected chi connectivity index (χ0v) is 11.8. The zero-order chi connectivity index (χ0) is 13.1. The molecule has 0 aliphatic carbocycles. The third-order valence-corrected chi connectivity index (χ3v) is 4.10. The van der Waals surface area contributed by atoms with E-state index in [2.05, 4.69) is 32.9 Å². The van der Waals surface area contributed by atoms with E-state index in [1.54, 1.807) is 23.9 Å². The molecule has 1 N–H and O–H groups in total. The number of benzene rings is 2. The van der Waals surface area contributed by atoms with Crippen LogP contribution in [0.25, 0.3) is 0 Å². The second-order valence-corrected chi connectivity index (χ2v) is 5.71. The number of thioether (sulfide) groups is 1. The Bertz CT molecular complexity index is 521. The number of hydrogen-bond acceptors (Lipinski definition) is 2. The lowest BCUT2D eigenvalue weighted by Crippen LogP contribution is -1.92. The number of rotatable bonds is 3. The summed E-state index contributed by atoms with van der Waals surface area (Å²) in [5.41, 5.74) is 5.46. The van der Waals surface area contributed by atoms with Crippen LogP contribution in [0.3, 0.4) is 0 Å². The number of phenolic OH excluding ortho intramolecular Hbond substituents is 1. The molecule has 0 saturated heterocycles. The summed E-state index contributed by atoms with van der Waals surface area (Å²) >= 11 is 1.81. The van der Waals surface area contributed by atoms with Gasteiger partial charge in [0.1, 0.15) is 5.75 Å². The van der Waals surface area contributed by atoms with E-state index in [1.807, 2.05) is 12.1 Å². The predicted molar refractivity (Wildman–Crippen MR) is 78.3 cm³/mol. The molecule has 0 heterocycles. The van der Waals surface area contributed by atoms with Crippen molar-refractivity contribution >= 4 is 11.8 Å².